The van der Waals surface area contributed by atoms with Crippen LogP contribution in [0.1, 0.15) is 6.42 Å². The van der Waals surface area contributed by atoms with Crippen molar-refractivity contribution in [3.63, 3.8) is 0 Å². The van der Waals surface area contributed by atoms with Gasteiger partial charge in [-0.15, -0.1) is 0 Å². The van der Waals surface area contributed by atoms with Gasteiger partial charge in [-0.1, -0.05) is 0 Å². The summed E-state index contributed by atoms with van der Waals surface area (Å²) in [5, 5.41) is 0. The predicted molar refractivity (Wildman–Crippen MR) is 39.5 cm³/mol. The molecule has 0 radical (unpaired) electrons. The van der Waals surface area contributed by atoms with E-state index in [1.165, 1.54) is 0 Å². The first kappa shape index (κ1) is 9.84. The summed E-state index contributed by atoms with van der Waals surface area (Å²) in [7, 11) is 1.68. The molecule has 0 aliphatic rings. The van der Waals surface area contributed by atoms with Crippen LogP contribution in [0, 0.1) is 0 Å². The molecular formula is C6H16N2O2. The monoisotopic (exact) mass is 148 g/mol. The lowest BCUT2D eigenvalue weighted by Gasteiger charge is -2.01. The van der Waals surface area contributed by atoms with Crippen LogP contribution in [0.15, 0.2) is 0 Å². The van der Waals surface area contributed by atoms with Crippen LogP contribution in [-0.2, 0) is 9.47 Å². The minimum absolute atomic E-state index is 0.667. The normalized spacial score (nSPS) is 10.2. The Kier molecular flexibility index (Phi) is 8.70. The topological polar surface area (TPSA) is 56.5 Å². The second kappa shape index (κ2) is 8.84. The Hall–Kier alpha value is -0.160. The van der Waals surface area contributed by atoms with Crippen molar-refractivity contribution in [3.05, 3.63) is 0 Å². The summed E-state index contributed by atoms with van der Waals surface area (Å²) in [5.74, 6) is 5.01. The smallest absolute Gasteiger partial charge is 0.0604 e. The highest BCUT2D eigenvalue weighted by molar-refractivity contribution is 4.36. The van der Waals surface area contributed by atoms with Crippen LogP contribution in [0.5, 0.6) is 0 Å². The molecule has 4 nitrogen and oxygen atoms in total. The zero-order valence-corrected chi connectivity index (χ0v) is 6.43. The first-order valence-electron chi connectivity index (χ1n) is 3.42. The van der Waals surface area contributed by atoms with Gasteiger partial charge in [-0.25, -0.2) is 0 Å². The molecule has 10 heavy (non-hydrogen) atoms. The van der Waals surface area contributed by atoms with E-state index in [4.69, 9.17) is 15.3 Å². The molecule has 0 amide bonds. The maximum Gasteiger partial charge on any atom is 0.0604 e. The van der Waals surface area contributed by atoms with E-state index in [0.29, 0.717) is 13.2 Å². The number of nitrogens with one attached hydrogen (secondary N) is 1. The van der Waals surface area contributed by atoms with Gasteiger partial charge in [0.05, 0.1) is 6.61 Å². The molecule has 3 N–H and O–H groups in total. The minimum atomic E-state index is 0.667. The number of rotatable bonds is 7. The Morgan fingerprint density at radius 3 is 2.70 bits per heavy atom. The van der Waals surface area contributed by atoms with Crippen molar-refractivity contribution in [1.29, 1.82) is 0 Å². The molecule has 0 fully saturated rings. The summed E-state index contributed by atoms with van der Waals surface area (Å²) >= 11 is 0. The number of hydrogen-bond donors (Lipinski definition) is 2. The molecule has 0 heterocycles. The van der Waals surface area contributed by atoms with E-state index >= 15 is 0 Å². The van der Waals surface area contributed by atoms with Gasteiger partial charge in [0.1, 0.15) is 0 Å². The fraction of sp³-hybridized carbons (Fsp3) is 1.00. The summed E-state index contributed by atoms with van der Waals surface area (Å²) in [4.78, 5) is 0. The maximum absolute atomic E-state index is 5.15. The Morgan fingerprint density at radius 1 is 1.30 bits per heavy atom. The van der Waals surface area contributed by atoms with Crippen LogP contribution in [0.4, 0.5) is 0 Å². The summed E-state index contributed by atoms with van der Waals surface area (Å²) in [6, 6.07) is 0. The van der Waals surface area contributed by atoms with Gasteiger partial charge in [0.2, 0.25) is 0 Å². The quantitative estimate of drug-likeness (QED) is 0.290. The lowest BCUT2D eigenvalue weighted by atomic mass is 10.5. The average Bonchev–Trinajstić information content (AvgIpc) is 1.97. The van der Waals surface area contributed by atoms with Crippen molar-refractivity contribution in [2.75, 3.05) is 33.5 Å². The third-order valence-electron chi connectivity index (χ3n) is 1.03. The Balaban J connectivity index is 2.65. The number of methoxy groups -OCH3 is 1. The van der Waals surface area contributed by atoms with Gasteiger partial charge in [-0.2, -0.15) is 0 Å². The van der Waals surface area contributed by atoms with Crippen molar-refractivity contribution < 1.29 is 9.47 Å². The minimum Gasteiger partial charge on any atom is -0.385 e. The van der Waals surface area contributed by atoms with Crippen molar-refractivity contribution >= 4 is 0 Å². The van der Waals surface area contributed by atoms with Gasteiger partial charge >= 0.3 is 0 Å². The van der Waals surface area contributed by atoms with E-state index in [0.717, 1.165) is 19.6 Å². The van der Waals surface area contributed by atoms with Gasteiger partial charge in [0, 0.05) is 26.9 Å². The average molecular weight is 148 g/mol. The van der Waals surface area contributed by atoms with Crippen LogP contribution in [0.25, 0.3) is 0 Å². The van der Waals surface area contributed by atoms with E-state index in [1.807, 2.05) is 0 Å². The summed E-state index contributed by atoms with van der Waals surface area (Å²) in [6.45, 7) is 2.87. The largest absolute Gasteiger partial charge is 0.385 e. The van der Waals surface area contributed by atoms with Crippen LogP contribution in [0.3, 0.4) is 0 Å². The van der Waals surface area contributed by atoms with E-state index in [9.17, 15) is 0 Å². The van der Waals surface area contributed by atoms with E-state index in [-0.39, 0.29) is 0 Å². The summed E-state index contributed by atoms with van der Waals surface area (Å²) < 4.78 is 9.98. The van der Waals surface area contributed by atoms with Crippen LogP contribution in [-0.4, -0.2) is 33.5 Å². The van der Waals surface area contributed by atoms with E-state index in [1.54, 1.807) is 7.11 Å². The van der Waals surface area contributed by atoms with Crippen molar-refractivity contribution in [2.24, 2.45) is 5.84 Å². The van der Waals surface area contributed by atoms with Gasteiger partial charge in [-0.3, -0.25) is 11.3 Å². The van der Waals surface area contributed by atoms with Crippen molar-refractivity contribution in [2.45, 2.75) is 6.42 Å². The molecule has 0 aliphatic heterocycles. The highest BCUT2D eigenvalue weighted by Crippen LogP contribution is 1.81. The third-order valence-corrected chi connectivity index (χ3v) is 1.03. The standard InChI is InChI=1S/C6H16N2O2/c1-9-4-2-5-10-6-3-8-7/h8H,2-7H2,1H3. The number of nitrogens with two attached hydrogens (primary N) is 1. The lowest BCUT2D eigenvalue weighted by molar-refractivity contribution is 0.104. The van der Waals surface area contributed by atoms with Crippen LogP contribution in [0.2, 0.25) is 0 Å². The second-order valence-corrected chi connectivity index (χ2v) is 1.91. The maximum atomic E-state index is 5.15. The van der Waals surface area contributed by atoms with E-state index in [2.05, 4.69) is 5.43 Å². The molecule has 0 saturated heterocycles. The number of hydrazine groups is 1. The molecule has 0 aromatic carbocycles. The third kappa shape index (κ3) is 7.84. The zero-order valence-electron chi connectivity index (χ0n) is 6.43. The predicted octanol–water partition coefficient (Wildman–Crippen LogP) is -0.497. The first-order valence-corrected chi connectivity index (χ1v) is 3.42. The van der Waals surface area contributed by atoms with E-state index < -0.39 is 0 Å². The molecule has 0 atom stereocenters. The second-order valence-electron chi connectivity index (χ2n) is 1.91. The molecule has 4 heteroatoms. The SMILES string of the molecule is COCCCOCCNN. The lowest BCUT2D eigenvalue weighted by Crippen LogP contribution is -2.26. The van der Waals surface area contributed by atoms with Crippen LogP contribution < -0.4 is 11.3 Å². The Labute approximate surface area is 61.7 Å². The van der Waals surface area contributed by atoms with Crippen molar-refractivity contribution in [1.82, 2.24) is 5.43 Å². The van der Waals surface area contributed by atoms with Gasteiger partial charge in [0.15, 0.2) is 0 Å². The summed E-state index contributed by atoms with van der Waals surface area (Å²) in [5.41, 5.74) is 2.50. The fourth-order valence-corrected chi connectivity index (χ4v) is 0.538. The molecule has 0 aromatic heterocycles. The molecule has 62 valence electrons. The molecule has 0 aliphatic carbocycles. The number of ether oxygens (including phenoxy) is 2. The van der Waals surface area contributed by atoms with Gasteiger partial charge in [-0.05, 0) is 6.42 Å². The molecule has 0 aromatic rings. The summed E-state index contributed by atoms with van der Waals surface area (Å²) in [6.07, 6.45) is 0.946. The first-order chi connectivity index (χ1) is 4.91. The highest BCUT2D eigenvalue weighted by atomic mass is 16.5. The molecule has 0 saturated carbocycles. The van der Waals surface area contributed by atoms with Crippen LogP contribution >= 0.6 is 0 Å². The molecule has 0 unspecified atom stereocenters. The molecule has 0 bridgehead atoms. The molecule has 0 spiro atoms. The van der Waals surface area contributed by atoms with Gasteiger partial charge in [0.25, 0.3) is 0 Å². The van der Waals surface area contributed by atoms with Crippen molar-refractivity contribution in [3.8, 4) is 0 Å². The Morgan fingerprint density at radius 2 is 2.10 bits per heavy atom. The Bertz CT molecular complexity index is 53.7. The highest BCUT2D eigenvalue weighted by Gasteiger charge is 1.86. The molecule has 0 rings (SSSR count). The fourth-order valence-electron chi connectivity index (χ4n) is 0.538. The molecular weight excluding hydrogens is 132 g/mol. The zero-order chi connectivity index (χ0) is 7.66. The number of hydrogen-bond acceptors (Lipinski definition) is 4. The van der Waals surface area contributed by atoms with Gasteiger partial charge < -0.3 is 9.47 Å².